The van der Waals surface area contributed by atoms with Gasteiger partial charge in [0.15, 0.2) is 0 Å². The van der Waals surface area contributed by atoms with E-state index in [1.54, 1.807) is 24.3 Å². The Morgan fingerprint density at radius 1 is 1.12 bits per heavy atom. The molecule has 7 heteroatoms. The lowest BCUT2D eigenvalue weighted by molar-refractivity contribution is -0.115. The van der Waals surface area contributed by atoms with Gasteiger partial charge in [-0.05, 0) is 48.7 Å². The van der Waals surface area contributed by atoms with Crippen molar-refractivity contribution in [2.75, 3.05) is 21.9 Å². The number of amides is 1. The second kappa shape index (κ2) is 7.45. The molecule has 0 aliphatic carbocycles. The van der Waals surface area contributed by atoms with Gasteiger partial charge < -0.3 is 5.32 Å². The van der Waals surface area contributed by atoms with Crippen molar-refractivity contribution in [1.29, 1.82) is 0 Å². The number of para-hydroxylation sites is 1. The zero-order chi connectivity index (χ0) is 17.9. The fourth-order valence-corrected chi connectivity index (χ4v) is 4.55. The summed E-state index contributed by atoms with van der Waals surface area (Å²) in [5, 5.41) is 3.26. The minimum atomic E-state index is -3.54. The molecule has 0 spiro atoms. The molecule has 2 aromatic carbocycles. The molecule has 2 aromatic rings. The molecule has 5 nitrogen and oxygen atoms in total. The summed E-state index contributed by atoms with van der Waals surface area (Å²) in [5.74, 6) is -0.558. The molecule has 1 N–H and O–H groups in total. The van der Waals surface area contributed by atoms with Crippen LogP contribution in [0.1, 0.15) is 18.4 Å². The minimum Gasteiger partial charge on any atom is -0.326 e. The van der Waals surface area contributed by atoms with E-state index in [-0.39, 0.29) is 18.1 Å². The standard InChI is InChI=1S/C18H19ClN2O3S/c19-15-7-9-16(10-8-15)20-18(22)11-13-25(23,24)21-12-3-5-14-4-1-2-6-17(14)21/h1-2,4,6-10H,3,5,11-13H2,(H,20,22). The lowest BCUT2D eigenvalue weighted by Crippen LogP contribution is -2.37. The molecule has 1 aliphatic heterocycles. The predicted octanol–water partition coefficient (Wildman–Crippen LogP) is 3.45. The van der Waals surface area contributed by atoms with Crippen LogP contribution in [0.25, 0.3) is 0 Å². The van der Waals surface area contributed by atoms with E-state index in [9.17, 15) is 13.2 Å². The topological polar surface area (TPSA) is 66.5 Å². The maximum atomic E-state index is 12.7. The molecule has 0 saturated carbocycles. The van der Waals surface area contributed by atoms with Crippen LogP contribution >= 0.6 is 11.6 Å². The third kappa shape index (κ3) is 4.32. The number of aryl methyl sites for hydroxylation is 1. The maximum Gasteiger partial charge on any atom is 0.235 e. The maximum absolute atomic E-state index is 12.7. The lowest BCUT2D eigenvalue weighted by Gasteiger charge is -2.30. The van der Waals surface area contributed by atoms with Crippen molar-refractivity contribution in [2.45, 2.75) is 19.3 Å². The van der Waals surface area contributed by atoms with Crippen LogP contribution in [0.15, 0.2) is 48.5 Å². The summed E-state index contributed by atoms with van der Waals surface area (Å²) in [5.41, 5.74) is 2.35. The molecule has 0 radical (unpaired) electrons. The Balaban J connectivity index is 1.64. The minimum absolute atomic E-state index is 0.0936. The first kappa shape index (κ1) is 17.8. The van der Waals surface area contributed by atoms with Gasteiger partial charge >= 0.3 is 0 Å². The number of anilines is 2. The molecular weight excluding hydrogens is 360 g/mol. The second-order valence-corrected chi connectivity index (χ2v) is 8.37. The molecule has 1 heterocycles. The van der Waals surface area contributed by atoms with E-state index in [0.29, 0.717) is 17.3 Å². The van der Waals surface area contributed by atoms with Gasteiger partial charge in [-0.3, -0.25) is 9.10 Å². The molecule has 1 aliphatic rings. The SMILES string of the molecule is O=C(CCS(=O)(=O)N1CCCc2ccccc21)Nc1ccc(Cl)cc1. The van der Waals surface area contributed by atoms with Crippen molar-refractivity contribution in [3.63, 3.8) is 0 Å². The van der Waals surface area contributed by atoms with Crippen molar-refractivity contribution in [2.24, 2.45) is 0 Å². The summed E-state index contributed by atoms with van der Waals surface area (Å²) >= 11 is 5.80. The number of nitrogens with zero attached hydrogens (tertiary/aromatic N) is 1. The summed E-state index contributed by atoms with van der Waals surface area (Å²) < 4.78 is 26.8. The molecule has 3 rings (SSSR count). The van der Waals surface area contributed by atoms with Gasteiger partial charge in [0.1, 0.15) is 0 Å². The first-order valence-electron chi connectivity index (χ1n) is 8.09. The van der Waals surface area contributed by atoms with E-state index in [1.807, 2.05) is 24.3 Å². The molecule has 132 valence electrons. The first-order valence-corrected chi connectivity index (χ1v) is 10.1. The van der Waals surface area contributed by atoms with Crippen LogP contribution in [-0.2, 0) is 21.2 Å². The van der Waals surface area contributed by atoms with Gasteiger partial charge in [0.05, 0.1) is 11.4 Å². The summed E-state index contributed by atoms with van der Waals surface area (Å²) in [6, 6.07) is 14.2. The Kier molecular flexibility index (Phi) is 5.30. The Labute approximate surface area is 152 Å². The molecule has 0 aromatic heterocycles. The Morgan fingerprint density at radius 2 is 1.84 bits per heavy atom. The molecule has 25 heavy (non-hydrogen) atoms. The summed E-state index contributed by atoms with van der Waals surface area (Å²) in [6.45, 7) is 0.456. The van der Waals surface area contributed by atoms with Crippen molar-refractivity contribution >= 4 is 38.9 Å². The first-order chi connectivity index (χ1) is 12.0. The van der Waals surface area contributed by atoms with Gasteiger partial charge in [-0.2, -0.15) is 0 Å². The number of sulfonamides is 1. The van der Waals surface area contributed by atoms with Crippen LogP contribution in [0.5, 0.6) is 0 Å². The summed E-state index contributed by atoms with van der Waals surface area (Å²) in [6.07, 6.45) is 1.57. The average molecular weight is 379 g/mol. The monoisotopic (exact) mass is 378 g/mol. The van der Waals surface area contributed by atoms with E-state index in [4.69, 9.17) is 11.6 Å². The van der Waals surface area contributed by atoms with Crippen LogP contribution in [-0.4, -0.2) is 26.6 Å². The zero-order valence-corrected chi connectivity index (χ0v) is 15.2. The highest BCUT2D eigenvalue weighted by Gasteiger charge is 2.27. The fourth-order valence-electron chi connectivity index (χ4n) is 2.88. The largest absolute Gasteiger partial charge is 0.326 e. The number of hydrogen-bond donors (Lipinski definition) is 1. The van der Waals surface area contributed by atoms with Gasteiger partial charge in [-0.1, -0.05) is 29.8 Å². The van der Waals surface area contributed by atoms with Gasteiger partial charge in [0.2, 0.25) is 15.9 Å². The number of fused-ring (bicyclic) bond motifs is 1. The number of carbonyl (C=O) groups excluding carboxylic acids is 1. The van der Waals surface area contributed by atoms with Gasteiger partial charge in [0, 0.05) is 23.7 Å². The van der Waals surface area contributed by atoms with Gasteiger partial charge in [-0.25, -0.2) is 8.42 Å². The van der Waals surface area contributed by atoms with Crippen LogP contribution in [0.2, 0.25) is 5.02 Å². The van der Waals surface area contributed by atoms with Crippen LogP contribution in [0, 0.1) is 0 Å². The van der Waals surface area contributed by atoms with E-state index in [2.05, 4.69) is 5.32 Å². The summed E-state index contributed by atoms with van der Waals surface area (Å²) in [4.78, 5) is 12.0. The molecule has 0 bridgehead atoms. The van der Waals surface area contributed by atoms with Gasteiger partial charge in [-0.15, -0.1) is 0 Å². The normalized spacial score (nSPS) is 14.0. The third-order valence-electron chi connectivity index (χ3n) is 4.12. The number of hydrogen-bond acceptors (Lipinski definition) is 3. The fraction of sp³-hybridized carbons (Fsp3) is 0.278. The highest BCUT2D eigenvalue weighted by atomic mass is 35.5. The number of nitrogens with one attached hydrogen (secondary N) is 1. The van der Waals surface area contributed by atoms with E-state index in [1.165, 1.54) is 4.31 Å². The molecule has 1 amide bonds. The van der Waals surface area contributed by atoms with Crippen LogP contribution in [0.3, 0.4) is 0 Å². The van der Waals surface area contributed by atoms with Crippen molar-refractivity contribution < 1.29 is 13.2 Å². The Hall–Kier alpha value is -2.05. The molecule has 0 saturated heterocycles. The molecule has 0 fully saturated rings. The van der Waals surface area contributed by atoms with Gasteiger partial charge in [0.25, 0.3) is 0 Å². The van der Waals surface area contributed by atoms with Crippen molar-refractivity contribution in [3.05, 3.63) is 59.1 Å². The highest BCUT2D eigenvalue weighted by Crippen LogP contribution is 2.29. The zero-order valence-electron chi connectivity index (χ0n) is 13.6. The summed E-state index contributed by atoms with van der Waals surface area (Å²) in [7, 11) is -3.54. The Morgan fingerprint density at radius 3 is 2.60 bits per heavy atom. The Bertz CT molecular complexity index is 866. The number of halogens is 1. The van der Waals surface area contributed by atoms with Crippen molar-refractivity contribution in [3.8, 4) is 0 Å². The van der Waals surface area contributed by atoms with E-state index in [0.717, 1.165) is 24.1 Å². The van der Waals surface area contributed by atoms with E-state index >= 15 is 0 Å². The molecular formula is C18H19ClN2O3S. The molecule has 0 unspecified atom stereocenters. The second-order valence-electron chi connectivity index (χ2n) is 5.93. The smallest absolute Gasteiger partial charge is 0.235 e. The van der Waals surface area contributed by atoms with Crippen LogP contribution in [0.4, 0.5) is 11.4 Å². The predicted molar refractivity (Wildman–Crippen MR) is 101 cm³/mol. The molecule has 0 atom stereocenters. The van der Waals surface area contributed by atoms with Crippen LogP contribution < -0.4 is 9.62 Å². The highest BCUT2D eigenvalue weighted by molar-refractivity contribution is 7.92. The third-order valence-corrected chi connectivity index (χ3v) is 6.14. The quantitative estimate of drug-likeness (QED) is 0.866. The van der Waals surface area contributed by atoms with Crippen molar-refractivity contribution in [1.82, 2.24) is 0 Å². The van der Waals surface area contributed by atoms with E-state index < -0.39 is 10.0 Å². The lowest BCUT2D eigenvalue weighted by atomic mass is 10.0. The number of benzene rings is 2. The number of rotatable bonds is 5. The average Bonchev–Trinajstić information content (AvgIpc) is 2.61. The number of carbonyl (C=O) groups is 1.